The van der Waals surface area contributed by atoms with Crippen molar-refractivity contribution in [3.63, 3.8) is 0 Å². The van der Waals surface area contributed by atoms with Gasteiger partial charge in [0.1, 0.15) is 11.3 Å². The van der Waals surface area contributed by atoms with Gasteiger partial charge in [0.2, 0.25) is 0 Å². The van der Waals surface area contributed by atoms with E-state index in [0.29, 0.717) is 27.1 Å². The Morgan fingerprint density at radius 2 is 1.90 bits per heavy atom. The minimum atomic E-state index is -0.974. The summed E-state index contributed by atoms with van der Waals surface area (Å²) in [4.78, 5) is 7.03. The minimum Gasteiger partial charge on any atom is -0.397 e. The smallest absolute Gasteiger partial charge is 0.186 e. The number of rotatable bonds is 1. The van der Waals surface area contributed by atoms with Crippen LogP contribution in [0.1, 0.15) is 0 Å². The molecule has 0 radical (unpaired) electrons. The van der Waals surface area contributed by atoms with Crippen LogP contribution in [-0.2, 0) is 0 Å². The molecule has 0 spiro atoms. The molecule has 0 aliphatic heterocycles. The third-order valence-corrected chi connectivity index (χ3v) is 4.01. The van der Waals surface area contributed by atoms with Gasteiger partial charge in [-0.15, -0.1) is 0 Å². The topological polar surface area (TPSA) is 54.7 Å². The summed E-state index contributed by atoms with van der Waals surface area (Å²) in [7, 11) is 0. The van der Waals surface area contributed by atoms with Crippen molar-refractivity contribution in [1.29, 1.82) is 0 Å². The third kappa shape index (κ3) is 2.10. The van der Waals surface area contributed by atoms with Crippen LogP contribution in [0.5, 0.6) is 0 Å². The number of aromatic amines is 1. The van der Waals surface area contributed by atoms with Gasteiger partial charge in [-0.3, -0.25) is 0 Å². The van der Waals surface area contributed by atoms with Crippen LogP contribution in [-0.4, -0.2) is 9.97 Å². The predicted octanol–water partition coefficient (Wildman–Crippen LogP) is 4.62. The number of nitrogens with zero attached hydrogens (tertiary/aromatic N) is 1. The Labute approximate surface area is 129 Å². The number of halogens is 4. The molecule has 3 N–H and O–H groups in total. The SMILES string of the molecule is Nc1c(Br)cc(Br)cc1-c1nc2c(F)c(F)ccc2[nH]1. The zero-order valence-electron chi connectivity index (χ0n) is 9.85. The van der Waals surface area contributed by atoms with Gasteiger partial charge in [-0.05, 0) is 40.2 Å². The second-order valence-electron chi connectivity index (χ2n) is 4.19. The van der Waals surface area contributed by atoms with E-state index in [4.69, 9.17) is 5.73 Å². The molecular weight excluding hydrogens is 396 g/mol. The molecule has 0 aliphatic carbocycles. The number of hydrogen-bond donors (Lipinski definition) is 2. The van der Waals surface area contributed by atoms with E-state index in [9.17, 15) is 8.78 Å². The van der Waals surface area contributed by atoms with E-state index in [1.165, 1.54) is 6.07 Å². The number of H-pyrrole nitrogens is 1. The van der Waals surface area contributed by atoms with Gasteiger partial charge in [0.05, 0.1) is 11.2 Å². The van der Waals surface area contributed by atoms with Gasteiger partial charge < -0.3 is 10.7 Å². The van der Waals surface area contributed by atoms with Crippen molar-refractivity contribution in [3.05, 3.63) is 44.8 Å². The fourth-order valence-corrected chi connectivity index (χ4v) is 3.15. The second kappa shape index (κ2) is 4.82. The molecule has 7 heteroatoms. The minimum absolute atomic E-state index is 0.0458. The molecule has 20 heavy (non-hydrogen) atoms. The number of nitrogens with one attached hydrogen (secondary N) is 1. The van der Waals surface area contributed by atoms with Crippen LogP contribution in [0.15, 0.2) is 33.2 Å². The number of nitrogens with two attached hydrogens (primary N) is 1. The summed E-state index contributed by atoms with van der Waals surface area (Å²) in [6.45, 7) is 0. The monoisotopic (exact) mass is 401 g/mol. The van der Waals surface area contributed by atoms with Crippen LogP contribution in [0, 0.1) is 11.6 Å². The standard InChI is InChI=1S/C13H7Br2F2N3/c14-5-3-6(11(18)7(15)4-5)13-19-9-2-1-8(16)10(17)12(9)20-13/h1-4H,18H2,(H,19,20). The van der Waals surface area contributed by atoms with Crippen molar-refractivity contribution in [3.8, 4) is 11.4 Å². The molecule has 1 heterocycles. The summed E-state index contributed by atoms with van der Waals surface area (Å²) in [5, 5.41) is 0. The molecule has 0 aliphatic rings. The molecule has 102 valence electrons. The number of imidazole rings is 1. The van der Waals surface area contributed by atoms with Crippen molar-refractivity contribution < 1.29 is 8.78 Å². The highest BCUT2D eigenvalue weighted by Gasteiger charge is 2.15. The van der Waals surface area contributed by atoms with Gasteiger partial charge >= 0.3 is 0 Å². The Balaban J connectivity index is 2.28. The van der Waals surface area contributed by atoms with Crippen molar-refractivity contribution in [2.75, 3.05) is 5.73 Å². The Morgan fingerprint density at radius 3 is 2.65 bits per heavy atom. The molecule has 0 amide bonds. The molecule has 3 nitrogen and oxygen atoms in total. The molecule has 0 bridgehead atoms. The van der Waals surface area contributed by atoms with Crippen LogP contribution < -0.4 is 5.73 Å². The molecule has 3 aromatic rings. The third-order valence-electron chi connectivity index (χ3n) is 2.90. The summed E-state index contributed by atoms with van der Waals surface area (Å²) in [6.07, 6.45) is 0. The summed E-state index contributed by atoms with van der Waals surface area (Å²) in [5.74, 6) is -1.53. The van der Waals surface area contributed by atoms with Crippen molar-refractivity contribution in [2.45, 2.75) is 0 Å². The van der Waals surface area contributed by atoms with Gasteiger partial charge in [-0.1, -0.05) is 15.9 Å². The number of nitrogen functional groups attached to an aromatic ring is 1. The molecule has 1 aromatic heterocycles. The van der Waals surface area contributed by atoms with Crippen LogP contribution in [0.4, 0.5) is 14.5 Å². The van der Waals surface area contributed by atoms with Crippen LogP contribution in [0.2, 0.25) is 0 Å². The molecule has 0 saturated heterocycles. The fourth-order valence-electron chi connectivity index (χ4n) is 1.93. The zero-order chi connectivity index (χ0) is 14.4. The summed E-state index contributed by atoms with van der Waals surface area (Å²) < 4.78 is 28.4. The maximum absolute atomic E-state index is 13.7. The first-order valence-electron chi connectivity index (χ1n) is 5.56. The normalized spacial score (nSPS) is 11.2. The van der Waals surface area contributed by atoms with Crippen molar-refractivity contribution in [1.82, 2.24) is 9.97 Å². The molecule has 2 aromatic carbocycles. The first-order chi connectivity index (χ1) is 9.47. The first kappa shape index (κ1) is 13.5. The molecular formula is C13H7Br2F2N3. The Bertz CT molecular complexity index is 830. The number of benzene rings is 2. The lowest BCUT2D eigenvalue weighted by Crippen LogP contribution is -1.93. The number of anilines is 1. The van der Waals surface area contributed by atoms with E-state index < -0.39 is 11.6 Å². The van der Waals surface area contributed by atoms with E-state index in [1.807, 2.05) is 0 Å². The quantitative estimate of drug-likeness (QED) is 0.583. The maximum Gasteiger partial charge on any atom is 0.186 e. The Kier molecular flexibility index (Phi) is 3.25. The Hall–Kier alpha value is -1.47. The highest BCUT2D eigenvalue weighted by Crippen LogP contribution is 2.35. The lowest BCUT2D eigenvalue weighted by Gasteiger charge is -2.05. The van der Waals surface area contributed by atoms with Crippen molar-refractivity contribution >= 4 is 48.6 Å². The molecule has 0 atom stereocenters. The number of hydrogen-bond acceptors (Lipinski definition) is 2. The average Bonchev–Trinajstić information content (AvgIpc) is 2.83. The zero-order valence-corrected chi connectivity index (χ0v) is 13.0. The van der Waals surface area contributed by atoms with E-state index in [2.05, 4.69) is 41.8 Å². The largest absolute Gasteiger partial charge is 0.397 e. The molecule has 3 rings (SSSR count). The van der Waals surface area contributed by atoms with E-state index in [-0.39, 0.29) is 5.52 Å². The molecule has 0 saturated carbocycles. The van der Waals surface area contributed by atoms with Gasteiger partial charge in [-0.2, -0.15) is 0 Å². The maximum atomic E-state index is 13.7. The number of fused-ring (bicyclic) bond motifs is 1. The van der Waals surface area contributed by atoms with E-state index >= 15 is 0 Å². The lowest BCUT2D eigenvalue weighted by atomic mass is 10.2. The van der Waals surface area contributed by atoms with E-state index in [0.717, 1.165) is 10.5 Å². The second-order valence-corrected chi connectivity index (χ2v) is 5.96. The van der Waals surface area contributed by atoms with E-state index in [1.54, 1.807) is 12.1 Å². The highest BCUT2D eigenvalue weighted by atomic mass is 79.9. The lowest BCUT2D eigenvalue weighted by molar-refractivity contribution is 0.515. The van der Waals surface area contributed by atoms with Gasteiger partial charge in [-0.25, -0.2) is 13.8 Å². The molecule has 0 unspecified atom stereocenters. The van der Waals surface area contributed by atoms with Crippen molar-refractivity contribution in [2.24, 2.45) is 0 Å². The average molecular weight is 403 g/mol. The summed E-state index contributed by atoms with van der Waals surface area (Å²) in [5.41, 5.74) is 7.41. The summed E-state index contributed by atoms with van der Waals surface area (Å²) in [6, 6.07) is 6.04. The van der Waals surface area contributed by atoms with Crippen LogP contribution in [0.3, 0.4) is 0 Å². The van der Waals surface area contributed by atoms with Gasteiger partial charge in [0.15, 0.2) is 11.6 Å². The number of aromatic nitrogens is 2. The van der Waals surface area contributed by atoms with Crippen LogP contribution in [0.25, 0.3) is 22.4 Å². The van der Waals surface area contributed by atoms with Crippen LogP contribution >= 0.6 is 31.9 Å². The predicted molar refractivity (Wildman–Crippen MR) is 81.3 cm³/mol. The van der Waals surface area contributed by atoms with Gasteiger partial charge in [0.25, 0.3) is 0 Å². The Morgan fingerprint density at radius 1 is 1.15 bits per heavy atom. The van der Waals surface area contributed by atoms with Gasteiger partial charge in [0, 0.05) is 14.5 Å². The molecule has 0 fully saturated rings. The fraction of sp³-hybridized carbons (Fsp3) is 0. The summed E-state index contributed by atoms with van der Waals surface area (Å²) >= 11 is 6.69. The highest BCUT2D eigenvalue weighted by molar-refractivity contribution is 9.11. The first-order valence-corrected chi connectivity index (χ1v) is 7.14.